The Morgan fingerprint density at radius 2 is 1.33 bits per heavy atom. The van der Waals surface area contributed by atoms with Crippen molar-refractivity contribution in [3.8, 4) is 35.1 Å². The molecule has 17 heteroatoms. The SMILES string of the molecule is CS(=O)(=O)c1cccc(Nc2nccc(Nc3cc(C#N)cc4c3OCO4)n2)c1.N#Cc1cc(Nc2ccnc(Cl)n2)c2c(c1)OCO2. The third-order valence-corrected chi connectivity index (χ3v) is 7.82. The Hall–Kier alpha value is -6.36. The predicted octanol–water partition coefficient (Wildman–Crippen LogP) is 5.44. The fourth-order valence-electron chi connectivity index (χ4n) is 4.44. The van der Waals surface area contributed by atoms with Gasteiger partial charge in [0.1, 0.15) is 11.6 Å². The summed E-state index contributed by atoms with van der Waals surface area (Å²) in [6.45, 7) is 0.204. The van der Waals surface area contributed by atoms with Gasteiger partial charge in [-0.3, -0.25) is 0 Å². The Bertz CT molecular complexity index is 2220. The lowest BCUT2D eigenvalue weighted by Gasteiger charge is -2.11. The molecule has 2 aliphatic heterocycles. The van der Waals surface area contributed by atoms with E-state index in [1.54, 1.807) is 54.7 Å². The van der Waals surface area contributed by atoms with Gasteiger partial charge in [-0.1, -0.05) is 6.07 Å². The van der Waals surface area contributed by atoms with Crippen molar-refractivity contribution in [2.75, 3.05) is 35.8 Å². The number of hydrogen-bond donors (Lipinski definition) is 3. The Morgan fingerprint density at radius 1 is 0.750 bits per heavy atom. The molecule has 4 heterocycles. The number of sulfone groups is 1. The van der Waals surface area contributed by atoms with Crippen LogP contribution in [0.4, 0.5) is 34.6 Å². The van der Waals surface area contributed by atoms with E-state index >= 15 is 0 Å². The van der Waals surface area contributed by atoms with E-state index in [0.717, 1.165) is 6.26 Å². The zero-order valence-electron chi connectivity index (χ0n) is 24.8. The van der Waals surface area contributed by atoms with Crippen LogP contribution < -0.4 is 34.9 Å². The first-order chi connectivity index (χ1) is 23.2. The third-order valence-electron chi connectivity index (χ3n) is 6.53. The van der Waals surface area contributed by atoms with Crippen LogP contribution in [0.3, 0.4) is 0 Å². The summed E-state index contributed by atoms with van der Waals surface area (Å²) in [6.07, 6.45) is 4.22. The number of fused-ring (bicyclic) bond motifs is 2. The maximum Gasteiger partial charge on any atom is 0.231 e. The highest BCUT2D eigenvalue weighted by Gasteiger charge is 2.21. The van der Waals surface area contributed by atoms with Gasteiger partial charge in [-0.05, 0) is 54.1 Å². The first-order valence-electron chi connectivity index (χ1n) is 13.8. The van der Waals surface area contributed by atoms with Crippen LogP contribution in [0.15, 0.2) is 78.0 Å². The highest BCUT2D eigenvalue weighted by atomic mass is 35.5. The maximum atomic E-state index is 11.7. The number of aromatic nitrogens is 4. The van der Waals surface area contributed by atoms with Crippen molar-refractivity contribution < 1.29 is 27.4 Å². The molecular formula is C31H22ClN9O6S. The lowest BCUT2D eigenvalue weighted by molar-refractivity contribution is 0.174. The predicted molar refractivity (Wildman–Crippen MR) is 173 cm³/mol. The van der Waals surface area contributed by atoms with E-state index in [9.17, 15) is 13.7 Å². The molecule has 48 heavy (non-hydrogen) atoms. The molecule has 0 saturated heterocycles. The third kappa shape index (κ3) is 7.37. The zero-order valence-corrected chi connectivity index (χ0v) is 26.3. The smallest absolute Gasteiger partial charge is 0.231 e. The van der Waals surface area contributed by atoms with Crippen LogP contribution in [0, 0.1) is 22.7 Å². The minimum atomic E-state index is -3.32. The molecule has 0 radical (unpaired) electrons. The number of hydrogen-bond acceptors (Lipinski definition) is 15. The molecule has 240 valence electrons. The van der Waals surface area contributed by atoms with E-state index in [4.69, 9.17) is 35.8 Å². The molecule has 0 unspecified atom stereocenters. The lowest BCUT2D eigenvalue weighted by Crippen LogP contribution is -2.02. The number of rotatable bonds is 7. The second-order valence-electron chi connectivity index (χ2n) is 9.89. The Kier molecular flexibility index (Phi) is 8.93. The highest BCUT2D eigenvalue weighted by Crippen LogP contribution is 2.42. The Balaban J connectivity index is 0.000000182. The van der Waals surface area contributed by atoms with E-state index in [1.165, 1.54) is 18.3 Å². The average Bonchev–Trinajstić information content (AvgIpc) is 3.75. The van der Waals surface area contributed by atoms with Gasteiger partial charge in [0.15, 0.2) is 32.8 Å². The number of nitriles is 2. The number of benzene rings is 3. The molecule has 7 rings (SSSR count). The quantitative estimate of drug-likeness (QED) is 0.183. The van der Waals surface area contributed by atoms with Gasteiger partial charge in [0.25, 0.3) is 0 Å². The summed E-state index contributed by atoms with van der Waals surface area (Å²) < 4.78 is 44.9. The topological polar surface area (TPSA) is 206 Å². The van der Waals surface area contributed by atoms with Crippen molar-refractivity contribution >= 4 is 56.1 Å². The average molecular weight is 684 g/mol. The second-order valence-corrected chi connectivity index (χ2v) is 12.2. The lowest BCUT2D eigenvalue weighted by atomic mass is 10.2. The van der Waals surface area contributed by atoms with E-state index < -0.39 is 9.84 Å². The monoisotopic (exact) mass is 683 g/mol. The molecule has 0 amide bonds. The van der Waals surface area contributed by atoms with Gasteiger partial charge in [0.2, 0.25) is 24.8 Å². The van der Waals surface area contributed by atoms with Gasteiger partial charge in [0.05, 0.1) is 39.5 Å². The fraction of sp³-hybridized carbons (Fsp3) is 0.0968. The van der Waals surface area contributed by atoms with Crippen LogP contribution in [0.25, 0.3) is 0 Å². The van der Waals surface area contributed by atoms with Crippen LogP contribution in [0.5, 0.6) is 23.0 Å². The van der Waals surface area contributed by atoms with Crippen molar-refractivity contribution in [1.29, 1.82) is 10.5 Å². The molecular weight excluding hydrogens is 662 g/mol. The van der Waals surface area contributed by atoms with Gasteiger partial charge in [0, 0.05) is 36.5 Å². The minimum Gasteiger partial charge on any atom is -0.453 e. The van der Waals surface area contributed by atoms with E-state index in [2.05, 4.69) is 48.0 Å². The molecule has 5 aromatic rings. The maximum absolute atomic E-state index is 11.7. The van der Waals surface area contributed by atoms with Gasteiger partial charge >= 0.3 is 0 Å². The number of nitrogens with one attached hydrogen (secondary N) is 3. The summed E-state index contributed by atoms with van der Waals surface area (Å²) in [7, 11) is -3.32. The van der Waals surface area contributed by atoms with Crippen molar-refractivity contribution in [2.24, 2.45) is 0 Å². The number of nitrogens with zero attached hydrogens (tertiary/aromatic N) is 6. The second kappa shape index (κ2) is 13.6. The molecule has 2 aromatic heterocycles. The molecule has 3 N–H and O–H groups in total. The van der Waals surface area contributed by atoms with Crippen molar-refractivity contribution in [2.45, 2.75) is 4.90 Å². The van der Waals surface area contributed by atoms with Crippen LogP contribution in [-0.2, 0) is 9.84 Å². The Morgan fingerprint density at radius 3 is 1.90 bits per heavy atom. The summed E-state index contributed by atoms with van der Waals surface area (Å²) in [5.74, 6) is 3.29. The van der Waals surface area contributed by atoms with Gasteiger partial charge in [-0.25, -0.2) is 23.4 Å². The Labute approximate surface area is 278 Å². The number of anilines is 6. The number of ether oxygens (including phenoxy) is 4. The summed E-state index contributed by atoms with van der Waals surface area (Å²) in [4.78, 5) is 16.5. The first-order valence-corrected chi connectivity index (χ1v) is 16.1. The molecule has 0 atom stereocenters. The summed E-state index contributed by atoms with van der Waals surface area (Å²) in [6, 6.07) is 20.3. The largest absolute Gasteiger partial charge is 0.453 e. The van der Waals surface area contributed by atoms with Gasteiger partial charge < -0.3 is 34.9 Å². The van der Waals surface area contributed by atoms with E-state index in [1.807, 2.05) is 0 Å². The summed E-state index contributed by atoms with van der Waals surface area (Å²) in [5, 5.41) is 27.4. The molecule has 0 fully saturated rings. The van der Waals surface area contributed by atoms with Crippen molar-refractivity contribution in [3.63, 3.8) is 0 Å². The molecule has 0 aliphatic carbocycles. The van der Waals surface area contributed by atoms with Crippen molar-refractivity contribution in [3.05, 3.63) is 89.5 Å². The molecule has 0 saturated carbocycles. The fourth-order valence-corrected chi connectivity index (χ4v) is 5.25. The molecule has 3 aromatic carbocycles. The first kappa shape index (κ1) is 31.6. The van der Waals surface area contributed by atoms with Gasteiger partial charge in [-0.2, -0.15) is 15.5 Å². The number of halogens is 1. The van der Waals surface area contributed by atoms with Gasteiger partial charge in [-0.15, -0.1) is 0 Å². The summed E-state index contributed by atoms with van der Waals surface area (Å²) >= 11 is 5.72. The van der Waals surface area contributed by atoms with E-state index in [0.29, 0.717) is 62.8 Å². The molecule has 0 bridgehead atoms. The van der Waals surface area contributed by atoms with Crippen LogP contribution in [0.1, 0.15) is 11.1 Å². The molecule has 15 nitrogen and oxygen atoms in total. The normalized spacial score (nSPS) is 12.2. The molecule has 0 spiro atoms. The van der Waals surface area contributed by atoms with E-state index in [-0.39, 0.29) is 29.7 Å². The molecule has 2 aliphatic rings. The minimum absolute atomic E-state index is 0.0755. The van der Waals surface area contributed by atoms with Crippen LogP contribution >= 0.6 is 11.6 Å². The van der Waals surface area contributed by atoms with Crippen LogP contribution in [0.2, 0.25) is 5.28 Å². The summed E-state index contributed by atoms with van der Waals surface area (Å²) in [5.41, 5.74) is 2.56. The van der Waals surface area contributed by atoms with Crippen LogP contribution in [-0.4, -0.2) is 48.2 Å². The highest BCUT2D eigenvalue weighted by molar-refractivity contribution is 7.90. The zero-order chi connectivity index (χ0) is 33.7. The van der Waals surface area contributed by atoms with Crippen molar-refractivity contribution in [1.82, 2.24) is 19.9 Å². The standard InChI is InChI=1S/C19H15N5O4S.C12H7ClN4O2/c1-29(25,26)14-4-2-3-13(9-14)22-19-21-6-5-17(24-19)23-15-7-12(10-20)8-16-18(15)28-11-27-16;13-12-15-2-1-10(17-12)16-8-3-7(5-14)4-9-11(8)19-6-18-9/h2-9H,11H2,1H3,(H2,21,22,23,24);1-4H,6H2,(H,15,16,17).